The van der Waals surface area contributed by atoms with E-state index < -0.39 is 0 Å². The van der Waals surface area contributed by atoms with Crippen LogP contribution in [-0.2, 0) is 11.3 Å². The third-order valence-corrected chi connectivity index (χ3v) is 7.50. The number of nitrogens with one attached hydrogen (secondary N) is 1. The van der Waals surface area contributed by atoms with Gasteiger partial charge in [-0.1, -0.05) is 0 Å². The fourth-order valence-corrected chi connectivity index (χ4v) is 6.66. The molecular weight excluding hydrogens is 292 g/mol. The molecule has 5 aliphatic rings. The summed E-state index contributed by atoms with van der Waals surface area (Å²) in [5.41, 5.74) is 1.04. The van der Waals surface area contributed by atoms with Crippen molar-refractivity contribution < 1.29 is 4.79 Å². The second-order valence-electron chi connectivity index (χ2n) is 8.33. The van der Waals surface area contributed by atoms with Gasteiger partial charge in [0, 0.05) is 16.7 Å². The number of amides is 1. The topological polar surface area (TPSA) is 42.0 Å². The molecule has 0 radical (unpaired) electrons. The molecule has 0 aliphatic heterocycles. The van der Waals surface area contributed by atoms with Crippen molar-refractivity contribution in [2.75, 3.05) is 0 Å². The van der Waals surface area contributed by atoms with Crippen molar-refractivity contribution in [2.45, 2.75) is 63.8 Å². The Labute approximate surface area is 135 Å². The first-order chi connectivity index (χ1) is 10.7. The van der Waals surface area contributed by atoms with Crippen molar-refractivity contribution >= 4 is 17.2 Å². The summed E-state index contributed by atoms with van der Waals surface area (Å²) in [6.45, 7) is 0.629. The number of carbonyl (C=O) groups is 1. The van der Waals surface area contributed by atoms with Crippen molar-refractivity contribution in [3.8, 4) is 0 Å². The molecule has 0 spiro atoms. The highest BCUT2D eigenvalue weighted by molar-refractivity contribution is 7.09. The van der Waals surface area contributed by atoms with Gasteiger partial charge in [0.05, 0.1) is 17.2 Å². The second kappa shape index (κ2) is 4.80. The average Bonchev–Trinajstić information content (AvgIpc) is 3.22. The van der Waals surface area contributed by atoms with Crippen LogP contribution in [0, 0.1) is 23.2 Å². The normalized spacial score (nSPS) is 39.2. The number of nitrogens with zero attached hydrogens (tertiary/aromatic N) is 1. The predicted molar refractivity (Wildman–Crippen MR) is 86.5 cm³/mol. The number of hydrogen-bond acceptors (Lipinski definition) is 3. The van der Waals surface area contributed by atoms with Crippen LogP contribution < -0.4 is 5.32 Å². The van der Waals surface area contributed by atoms with Gasteiger partial charge in [0.2, 0.25) is 5.91 Å². The molecule has 4 bridgehead atoms. The van der Waals surface area contributed by atoms with Crippen LogP contribution in [0.15, 0.2) is 5.38 Å². The molecule has 5 saturated carbocycles. The highest BCUT2D eigenvalue weighted by atomic mass is 32.1. The smallest absolute Gasteiger partial charge is 0.226 e. The van der Waals surface area contributed by atoms with E-state index >= 15 is 0 Å². The van der Waals surface area contributed by atoms with Crippen molar-refractivity contribution in [1.29, 1.82) is 0 Å². The fraction of sp³-hybridized carbons (Fsp3) is 0.778. The van der Waals surface area contributed by atoms with Crippen LogP contribution in [0.2, 0.25) is 0 Å². The molecule has 1 N–H and O–H groups in total. The molecule has 0 aromatic carbocycles. The summed E-state index contributed by atoms with van der Waals surface area (Å²) >= 11 is 1.77. The van der Waals surface area contributed by atoms with Gasteiger partial charge in [-0.05, 0) is 69.1 Å². The Balaban J connectivity index is 1.26. The summed E-state index contributed by atoms with van der Waals surface area (Å²) in [4.78, 5) is 17.6. The third kappa shape index (κ3) is 2.22. The zero-order chi connectivity index (χ0) is 14.7. The van der Waals surface area contributed by atoms with E-state index in [1.165, 1.54) is 37.1 Å². The molecule has 22 heavy (non-hydrogen) atoms. The minimum absolute atomic E-state index is 0.0237. The molecule has 0 unspecified atom stereocenters. The van der Waals surface area contributed by atoms with Crippen molar-refractivity contribution in [3.05, 3.63) is 16.1 Å². The summed E-state index contributed by atoms with van der Waals surface area (Å²) in [6, 6.07) is 0. The monoisotopic (exact) mass is 316 g/mol. The Morgan fingerprint density at radius 2 is 1.82 bits per heavy atom. The van der Waals surface area contributed by atoms with E-state index in [-0.39, 0.29) is 5.41 Å². The van der Waals surface area contributed by atoms with Gasteiger partial charge in [0.25, 0.3) is 0 Å². The number of rotatable bonds is 4. The van der Waals surface area contributed by atoms with Crippen LogP contribution in [0.1, 0.15) is 68.0 Å². The van der Waals surface area contributed by atoms with Crippen LogP contribution in [0.5, 0.6) is 0 Å². The molecule has 6 rings (SSSR count). The zero-order valence-electron chi connectivity index (χ0n) is 13.0. The number of hydrogen-bond donors (Lipinski definition) is 1. The summed E-state index contributed by atoms with van der Waals surface area (Å²) in [7, 11) is 0. The second-order valence-corrected chi connectivity index (χ2v) is 9.22. The zero-order valence-corrected chi connectivity index (χ0v) is 13.8. The van der Waals surface area contributed by atoms with Crippen LogP contribution >= 0.6 is 11.3 Å². The van der Waals surface area contributed by atoms with E-state index in [4.69, 9.17) is 4.98 Å². The van der Waals surface area contributed by atoms with Crippen LogP contribution in [0.3, 0.4) is 0 Å². The maximum atomic E-state index is 12.9. The highest BCUT2D eigenvalue weighted by Gasteiger charge is 2.54. The predicted octanol–water partition coefficient (Wildman–Crippen LogP) is 3.85. The fourth-order valence-electron chi connectivity index (χ4n) is 5.67. The van der Waals surface area contributed by atoms with E-state index in [0.717, 1.165) is 48.6 Å². The van der Waals surface area contributed by atoms with E-state index in [2.05, 4.69) is 10.7 Å². The first kappa shape index (κ1) is 13.5. The van der Waals surface area contributed by atoms with Crippen molar-refractivity contribution in [3.63, 3.8) is 0 Å². The lowest BCUT2D eigenvalue weighted by molar-refractivity contribution is -0.146. The molecular formula is C18H24N2OS. The lowest BCUT2D eigenvalue weighted by atomic mass is 9.49. The Morgan fingerprint density at radius 3 is 2.41 bits per heavy atom. The highest BCUT2D eigenvalue weighted by Crippen LogP contribution is 2.60. The minimum atomic E-state index is -0.0237. The van der Waals surface area contributed by atoms with E-state index in [1.807, 2.05) is 0 Å². The number of thiazole rings is 1. The number of aromatic nitrogens is 1. The molecule has 3 nitrogen and oxygen atoms in total. The largest absolute Gasteiger partial charge is 0.350 e. The third-order valence-electron chi connectivity index (χ3n) is 6.45. The molecule has 1 aromatic rings. The Hall–Kier alpha value is -0.900. The minimum Gasteiger partial charge on any atom is -0.350 e. The van der Waals surface area contributed by atoms with Crippen molar-refractivity contribution in [2.24, 2.45) is 23.2 Å². The van der Waals surface area contributed by atoms with Gasteiger partial charge < -0.3 is 5.32 Å². The van der Waals surface area contributed by atoms with Crippen LogP contribution in [-0.4, -0.2) is 10.9 Å². The molecule has 1 aromatic heterocycles. The average molecular weight is 316 g/mol. The molecule has 0 saturated heterocycles. The van der Waals surface area contributed by atoms with Crippen LogP contribution in [0.25, 0.3) is 0 Å². The number of carbonyl (C=O) groups excluding carboxylic acids is 1. The molecule has 1 amide bonds. The maximum Gasteiger partial charge on any atom is 0.226 e. The molecule has 4 heteroatoms. The Kier molecular flexibility index (Phi) is 2.95. The SMILES string of the molecule is O=C(NCc1csc(C2CC2)n1)C12CC3CC(CC(C3)C1)C2. The molecule has 5 fully saturated rings. The van der Waals surface area contributed by atoms with E-state index in [9.17, 15) is 4.79 Å². The maximum absolute atomic E-state index is 12.9. The first-order valence-corrected chi connectivity index (χ1v) is 9.81. The summed E-state index contributed by atoms with van der Waals surface area (Å²) in [5, 5.41) is 6.64. The lowest BCUT2D eigenvalue weighted by Crippen LogP contribution is -2.53. The molecule has 1 heterocycles. The first-order valence-electron chi connectivity index (χ1n) is 8.93. The van der Waals surface area contributed by atoms with Crippen LogP contribution in [0.4, 0.5) is 0 Å². The van der Waals surface area contributed by atoms with Gasteiger partial charge in [0.15, 0.2) is 0 Å². The van der Waals surface area contributed by atoms with Gasteiger partial charge >= 0.3 is 0 Å². The standard InChI is InChI=1S/C18H24N2OS/c21-17(19-9-15-10-22-16(20-15)14-1-2-14)18-6-11-3-12(7-18)5-13(4-11)8-18/h10-14H,1-9H2,(H,19,21). The molecule has 0 atom stereocenters. The summed E-state index contributed by atoms with van der Waals surface area (Å²) in [6.07, 6.45) is 10.2. The van der Waals surface area contributed by atoms with Gasteiger partial charge in [0.1, 0.15) is 0 Å². The summed E-state index contributed by atoms with van der Waals surface area (Å²) in [5.74, 6) is 3.54. The molecule has 118 valence electrons. The van der Waals surface area contributed by atoms with E-state index in [0.29, 0.717) is 12.5 Å². The van der Waals surface area contributed by atoms with Crippen molar-refractivity contribution in [1.82, 2.24) is 10.3 Å². The van der Waals surface area contributed by atoms with E-state index in [1.54, 1.807) is 11.3 Å². The quantitative estimate of drug-likeness (QED) is 0.916. The van der Waals surface area contributed by atoms with Gasteiger partial charge in [-0.25, -0.2) is 4.98 Å². The van der Waals surface area contributed by atoms with Gasteiger partial charge in [-0.3, -0.25) is 4.79 Å². The summed E-state index contributed by atoms with van der Waals surface area (Å²) < 4.78 is 0. The molecule has 5 aliphatic carbocycles. The Morgan fingerprint density at radius 1 is 1.18 bits per heavy atom. The Bertz CT molecular complexity index is 569. The van der Waals surface area contributed by atoms with Gasteiger partial charge in [-0.2, -0.15) is 0 Å². The lowest BCUT2D eigenvalue weighted by Gasteiger charge is -2.55. The van der Waals surface area contributed by atoms with Gasteiger partial charge in [-0.15, -0.1) is 11.3 Å².